The van der Waals surface area contributed by atoms with Crippen LogP contribution in [0.25, 0.3) is 0 Å². The Kier molecular flexibility index (Phi) is 7.33. The van der Waals surface area contributed by atoms with Crippen molar-refractivity contribution in [2.75, 3.05) is 39.0 Å². The first kappa shape index (κ1) is 24.7. The van der Waals surface area contributed by atoms with Crippen LogP contribution in [0.4, 0.5) is 0 Å². The number of nitrogens with zero attached hydrogens (tertiary/aromatic N) is 4. The van der Waals surface area contributed by atoms with E-state index in [-0.39, 0.29) is 0 Å². The van der Waals surface area contributed by atoms with Crippen molar-refractivity contribution in [2.24, 2.45) is 14.1 Å². The van der Waals surface area contributed by atoms with E-state index >= 15 is 0 Å². The van der Waals surface area contributed by atoms with E-state index in [1.54, 1.807) is 12.1 Å². The van der Waals surface area contributed by atoms with E-state index in [9.17, 15) is 13.5 Å². The molecule has 1 aliphatic rings. The largest absolute Gasteiger partial charge is 0.377 e. The van der Waals surface area contributed by atoms with Crippen molar-refractivity contribution in [3.05, 3.63) is 77.9 Å². The monoisotopic (exact) mass is 484 g/mol. The summed E-state index contributed by atoms with van der Waals surface area (Å²) in [6.45, 7) is 5.51. The van der Waals surface area contributed by atoms with Crippen LogP contribution >= 0.6 is 0 Å². The van der Waals surface area contributed by atoms with Crippen LogP contribution < -0.4 is 0 Å². The molecule has 3 aromatic rings. The van der Waals surface area contributed by atoms with Crippen molar-refractivity contribution in [2.45, 2.75) is 29.9 Å². The smallest absolute Gasteiger partial charge is 0.175 e. The summed E-state index contributed by atoms with van der Waals surface area (Å²) in [6.07, 6.45) is 6.89. The van der Waals surface area contributed by atoms with Crippen molar-refractivity contribution in [1.82, 2.24) is 18.9 Å². The van der Waals surface area contributed by atoms with Crippen LogP contribution in [0.5, 0.6) is 0 Å². The standard InChI is InChI=1S/C26H36N4O3S/c1-27-14-4-7-24(27)26(31,25-8-5-15-28(25)2)13-18-29-16-6-17-30(20-19-29)21-22-9-11-23(12-10-22)34(3,32)33/h4-5,7-12,14-15,31H,6,13,16-21H2,1-3H3. The van der Waals surface area contributed by atoms with E-state index in [1.165, 1.54) is 6.26 Å². The molecule has 1 saturated heterocycles. The molecule has 4 rings (SSSR count). The van der Waals surface area contributed by atoms with E-state index in [0.29, 0.717) is 11.3 Å². The molecule has 0 aliphatic carbocycles. The summed E-state index contributed by atoms with van der Waals surface area (Å²) in [5.74, 6) is 0. The summed E-state index contributed by atoms with van der Waals surface area (Å²) in [5, 5.41) is 11.9. The molecule has 3 heterocycles. The quantitative estimate of drug-likeness (QED) is 0.532. The number of aliphatic hydroxyl groups is 1. The van der Waals surface area contributed by atoms with Gasteiger partial charge in [-0.25, -0.2) is 8.42 Å². The Morgan fingerprint density at radius 2 is 1.41 bits per heavy atom. The number of benzene rings is 1. The summed E-state index contributed by atoms with van der Waals surface area (Å²) in [7, 11) is 0.797. The lowest BCUT2D eigenvalue weighted by atomic mass is 9.91. The molecular weight excluding hydrogens is 448 g/mol. The van der Waals surface area contributed by atoms with Gasteiger partial charge < -0.3 is 19.1 Å². The van der Waals surface area contributed by atoms with Crippen LogP contribution in [0.1, 0.15) is 29.8 Å². The zero-order valence-corrected chi connectivity index (χ0v) is 21.2. The van der Waals surface area contributed by atoms with Gasteiger partial charge in [-0.1, -0.05) is 12.1 Å². The first-order valence-electron chi connectivity index (χ1n) is 11.9. The van der Waals surface area contributed by atoms with Gasteiger partial charge >= 0.3 is 0 Å². The minimum Gasteiger partial charge on any atom is -0.377 e. The van der Waals surface area contributed by atoms with Crippen LogP contribution in [-0.4, -0.2) is 71.4 Å². The van der Waals surface area contributed by atoms with Gasteiger partial charge in [0.05, 0.1) is 16.3 Å². The topological polar surface area (TPSA) is 70.7 Å². The third-order valence-electron chi connectivity index (χ3n) is 6.96. The van der Waals surface area contributed by atoms with Crippen molar-refractivity contribution in [3.63, 3.8) is 0 Å². The molecule has 0 unspecified atom stereocenters. The van der Waals surface area contributed by atoms with Crippen LogP contribution in [0, 0.1) is 0 Å². The fraction of sp³-hybridized carbons (Fsp3) is 0.462. The zero-order valence-electron chi connectivity index (χ0n) is 20.4. The van der Waals surface area contributed by atoms with Gasteiger partial charge in [-0.3, -0.25) is 4.90 Å². The Balaban J connectivity index is 1.39. The first-order valence-corrected chi connectivity index (χ1v) is 13.8. The Bertz CT molecular complexity index is 1160. The fourth-order valence-corrected chi connectivity index (χ4v) is 5.63. The van der Waals surface area contributed by atoms with E-state index in [4.69, 9.17) is 0 Å². The highest BCUT2D eigenvalue weighted by atomic mass is 32.2. The Morgan fingerprint density at radius 1 is 0.853 bits per heavy atom. The van der Waals surface area contributed by atoms with Crippen molar-refractivity contribution < 1.29 is 13.5 Å². The summed E-state index contributed by atoms with van der Waals surface area (Å²) >= 11 is 0. The van der Waals surface area contributed by atoms with E-state index < -0.39 is 15.4 Å². The number of hydrogen-bond donors (Lipinski definition) is 1. The molecule has 0 spiro atoms. The predicted octanol–water partition coefficient (Wildman–Crippen LogP) is 2.60. The lowest BCUT2D eigenvalue weighted by Crippen LogP contribution is -2.38. The molecule has 1 fully saturated rings. The third kappa shape index (κ3) is 5.46. The Hall–Kier alpha value is -2.39. The highest BCUT2D eigenvalue weighted by Crippen LogP contribution is 2.33. The van der Waals surface area contributed by atoms with Gasteiger partial charge in [-0.2, -0.15) is 0 Å². The average molecular weight is 485 g/mol. The molecule has 2 aromatic heterocycles. The van der Waals surface area contributed by atoms with E-state index in [2.05, 4.69) is 9.80 Å². The molecule has 34 heavy (non-hydrogen) atoms. The second kappa shape index (κ2) is 10.1. The normalized spacial score (nSPS) is 16.6. The predicted molar refractivity (Wildman–Crippen MR) is 134 cm³/mol. The molecule has 1 N–H and O–H groups in total. The second-order valence-electron chi connectivity index (χ2n) is 9.51. The Labute approximate surface area is 203 Å². The Morgan fingerprint density at radius 3 is 1.94 bits per heavy atom. The summed E-state index contributed by atoms with van der Waals surface area (Å²) in [6, 6.07) is 15.2. The van der Waals surface area contributed by atoms with Crippen LogP contribution in [0.2, 0.25) is 0 Å². The first-order chi connectivity index (χ1) is 16.2. The molecule has 1 aliphatic heterocycles. The molecule has 0 saturated carbocycles. The number of aryl methyl sites for hydroxylation is 2. The van der Waals surface area contributed by atoms with Gasteiger partial charge in [0.15, 0.2) is 9.84 Å². The van der Waals surface area contributed by atoms with Gasteiger partial charge in [0.1, 0.15) is 5.60 Å². The number of aromatic nitrogens is 2. The minimum atomic E-state index is -3.17. The molecular formula is C26H36N4O3S. The minimum absolute atomic E-state index is 0.363. The molecule has 184 valence electrons. The number of rotatable bonds is 8. The van der Waals surface area contributed by atoms with E-state index in [1.807, 2.05) is 72.0 Å². The highest BCUT2D eigenvalue weighted by molar-refractivity contribution is 7.90. The molecule has 0 bridgehead atoms. The number of hydrogen-bond acceptors (Lipinski definition) is 5. The second-order valence-corrected chi connectivity index (χ2v) is 11.5. The van der Waals surface area contributed by atoms with Gasteiger partial charge in [-0.05, 0) is 61.5 Å². The van der Waals surface area contributed by atoms with Gasteiger partial charge in [0, 0.05) is 65.3 Å². The van der Waals surface area contributed by atoms with E-state index in [0.717, 1.165) is 62.6 Å². The van der Waals surface area contributed by atoms with Gasteiger partial charge in [0.2, 0.25) is 0 Å². The summed E-state index contributed by atoms with van der Waals surface area (Å²) in [5.41, 5.74) is 1.89. The van der Waals surface area contributed by atoms with Crippen LogP contribution in [-0.2, 0) is 36.1 Å². The van der Waals surface area contributed by atoms with Crippen molar-refractivity contribution in [1.29, 1.82) is 0 Å². The van der Waals surface area contributed by atoms with Crippen molar-refractivity contribution in [3.8, 4) is 0 Å². The highest BCUT2D eigenvalue weighted by Gasteiger charge is 2.36. The zero-order chi connectivity index (χ0) is 24.3. The van der Waals surface area contributed by atoms with Crippen LogP contribution in [0.15, 0.2) is 65.8 Å². The molecule has 0 radical (unpaired) electrons. The summed E-state index contributed by atoms with van der Waals surface area (Å²) in [4.78, 5) is 5.24. The van der Waals surface area contributed by atoms with Gasteiger partial charge in [0.25, 0.3) is 0 Å². The van der Waals surface area contributed by atoms with Crippen molar-refractivity contribution >= 4 is 9.84 Å². The fourth-order valence-electron chi connectivity index (χ4n) is 5.00. The number of sulfone groups is 1. The molecule has 8 heteroatoms. The lowest BCUT2D eigenvalue weighted by Gasteiger charge is -2.32. The lowest BCUT2D eigenvalue weighted by molar-refractivity contribution is 0.0443. The average Bonchev–Trinajstić information content (AvgIpc) is 3.36. The SMILES string of the molecule is Cn1cccc1C(O)(CCN1CCCN(Cc2ccc(S(C)(=O)=O)cc2)CC1)c1cccn1C. The van der Waals surface area contributed by atoms with Gasteiger partial charge in [-0.15, -0.1) is 0 Å². The summed E-state index contributed by atoms with van der Waals surface area (Å²) < 4.78 is 27.4. The molecule has 7 nitrogen and oxygen atoms in total. The maximum absolute atomic E-state index is 11.9. The molecule has 0 amide bonds. The van der Waals surface area contributed by atoms with Crippen LogP contribution in [0.3, 0.4) is 0 Å². The third-order valence-corrected chi connectivity index (χ3v) is 8.09. The maximum Gasteiger partial charge on any atom is 0.175 e. The maximum atomic E-state index is 11.9. The molecule has 1 aromatic carbocycles. The molecule has 0 atom stereocenters.